The van der Waals surface area contributed by atoms with Gasteiger partial charge < -0.3 is 15.0 Å². The molecule has 2 rings (SSSR count). The highest BCUT2D eigenvalue weighted by molar-refractivity contribution is 5.37. The average Bonchev–Trinajstić information content (AvgIpc) is 2.85. The number of aryl methyl sites for hydroxylation is 2. The molecule has 5 nitrogen and oxygen atoms in total. The van der Waals surface area contributed by atoms with Gasteiger partial charge in [0.15, 0.2) is 6.61 Å². The van der Waals surface area contributed by atoms with Gasteiger partial charge in [0, 0.05) is 12.5 Å². The van der Waals surface area contributed by atoms with Gasteiger partial charge in [0.05, 0.1) is 0 Å². The summed E-state index contributed by atoms with van der Waals surface area (Å²) in [5.41, 5.74) is 7.99. The number of benzene rings is 1. The van der Waals surface area contributed by atoms with E-state index in [0.29, 0.717) is 18.3 Å². The van der Waals surface area contributed by atoms with Crippen LogP contribution in [-0.2, 0) is 13.0 Å². The first-order chi connectivity index (χ1) is 9.10. The van der Waals surface area contributed by atoms with Crippen molar-refractivity contribution in [1.82, 2.24) is 10.1 Å². The molecule has 0 bridgehead atoms. The van der Waals surface area contributed by atoms with Crippen LogP contribution >= 0.6 is 0 Å². The van der Waals surface area contributed by atoms with Gasteiger partial charge in [-0.05, 0) is 31.0 Å². The number of nitrogens with two attached hydrogens (primary N) is 1. The molecule has 0 amide bonds. The largest absolute Gasteiger partial charge is 0.485 e. The van der Waals surface area contributed by atoms with Crippen LogP contribution < -0.4 is 10.5 Å². The second-order valence-electron chi connectivity index (χ2n) is 4.56. The molecule has 0 aliphatic heterocycles. The molecule has 1 aromatic heterocycles. The van der Waals surface area contributed by atoms with Gasteiger partial charge in [0.2, 0.25) is 11.7 Å². The number of ether oxygens (including phenoxy) is 1. The second-order valence-corrected chi connectivity index (χ2v) is 4.56. The molecule has 0 saturated carbocycles. The third-order valence-corrected chi connectivity index (χ3v) is 2.89. The van der Waals surface area contributed by atoms with Crippen molar-refractivity contribution in [1.29, 1.82) is 0 Å². The number of nitrogens with zero attached hydrogens (tertiary/aromatic N) is 2. The Labute approximate surface area is 112 Å². The highest BCUT2D eigenvalue weighted by Gasteiger charge is 2.08. The van der Waals surface area contributed by atoms with Crippen LogP contribution in [0.5, 0.6) is 5.75 Å². The monoisotopic (exact) mass is 261 g/mol. The highest BCUT2D eigenvalue weighted by atomic mass is 16.5. The van der Waals surface area contributed by atoms with Crippen molar-refractivity contribution in [3.8, 4) is 5.75 Å². The lowest BCUT2D eigenvalue weighted by atomic mass is 10.1. The lowest BCUT2D eigenvalue weighted by Crippen LogP contribution is -2.06. The summed E-state index contributed by atoms with van der Waals surface area (Å²) in [6.45, 7) is 6.23. The topological polar surface area (TPSA) is 74.2 Å². The van der Waals surface area contributed by atoms with E-state index in [4.69, 9.17) is 15.0 Å². The lowest BCUT2D eigenvalue weighted by Gasteiger charge is -2.11. The minimum absolute atomic E-state index is 0.0251. The Bertz CT molecular complexity index is 549. The first-order valence-corrected chi connectivity index (χ1v) is 6.40. The Hall–Kier alpha value is -1.88. The summed E-state index contributed by atoms with van der Waals surface area (Å²) < 4.78 is 10.7. The predicted molar refractivity (Wildman–Crippen MR) is 71.8 cm³/mol. The van der Waals surface area contributed by atoms with Crippen LogP contribution in [0.3, 0.4) is 0 Å². The minimum Gasteiger partial charge on any atom is -0.485 e. The molecule has 102 valence electrons. The van der Waals surface area contributed by atoms with E-state index >= 15 is 0 Å². The van der Waals surface area contributed by atoms with Gasteiger partial charge >= 0.3 is 0 Å². The van der Waals surface area contributed by atoms with Gasteiger partial charge in [-0.25, -0.2) is 0 Å². The van der Waals surface area contributed by atoms with Gasteiger partial charge in [0.1, 0.15) is 5.75 Å². The standard InChI is InChI=1S/C14H19N3O2/c1-4-14-16-13(17-19-14)8-18-12-6-5-11(10(3)15)7-9(12)2/h5-7,10H,4,8,15H2,1-3H3/t10-/m0/s1. The molecule has 5 heteroatoms. The van der Waals surface area contributed by atoms with Crippen molar-refractivity contribution >= 4 is 0 Å². The fourth-order valence-corrected chi connectivity index (χ4v) is 1.75. The third-order valence-electron chi connectivity index (χ3n) is 2.89. The summed E-state index contributed by atoms with van der Waals surface area (Å²) in [6.07, 6.45) is 0.731. The van der Waals surface area contributed by atoms with Crippen molar-refractivity contribution in [3.63, 3.8) is 0 Å². The fraction of sp³-hybridized carbons (Fsp3) is 0.429. The Morgan fingerprint density at radius 2 is 2.21 bits per heavy atom. The molecule has 1 heterocycles. The zero-order valence-corrected chi connectivity index (χ0v) is 11.5. The summed E-state index contributed by atoms with van der Waals surface area (Å²) in [5.74, 6) is 2.00. The highest BCUT2D eigenvalue weighted by Crippen LogP contribution is 2.22. The Morgan fingerprint density at radius 1 is 1.42 bits per heavy atom. The first-order valence-electron chi connectivity index (χ1n) is 6.40. The SMILES string of the molecule is CCc1nc(COc2ccc([C@H](C)N)cc2C)no1. The fourth-order valence-electron chi connectivity index (χ4n) is 1.75. The van der Waals surface area contributed by atoms with Crippen molar-refractivity contribution < 1.29 is 9.26 Å². The van der Waals surface area contributed by atoms with Gasteiger partial charge in [-0.3, -0.25) is 0 Å². The van der Waals surface area contributed by atoms with E-state index in [0.717, 1.165) is 23.3 Å². The Balaban J connectivity index is 2.03. The summed E-state index contributed by atoms with van der Waals surface area (Å²) in [7, 11) is 0. The molecule has 0 aliphatic rings. The normalized spacial score (nSPS) is 12.4. The lowest BCUT2D eigenvalue weighted by molar-refractivity contribution is 0.283. The zero-order chi connectivity index (χ0) is 13.8. The van der Waals surface area contributed by atoms with Gasteiger partial charge in [-0.1, -0.05) is 24.2 Å². The maximum absolute atomic E-state index is 5.84. The van der Waals surface area contributed by atoms with Gasteiger partial charge in [-0.15, -0.1) is 0 Å². The smallest absolute Gasteiger partial charge is 0.226 e. The number of rotatable bonds is 5. The number of hydrogen-bond acceptors (Lipinski definition) is 5. The minimum atomic E-state index is 0.0251. The molecule has 0 saturated heterocycles. The molecule has 1 atom stereocenters. The van der Waals surface area contributed by atoms with Crippen LogP contribution in [0.1, 0.15) is 42.7 Å². The van der Waals surface area contributed by atoms with E-state index in [1.54, 1.807) is 0 Å². The molecule has 19 heavy (non-hydrogen) atoms. The van der Waals surface area contributed by atoms with Crippen LogP contribution in [0.15, 0.2) is 22.7 Å². The second kappa shape index (κ2) is 5.84. The maximum atomic E-state index is 5.84. The van der Waals surface area contributed by atoms with Crippen molar-refractivity contribution in [2.24, 2.45) is 5.73 Å². The number of hydrogen-bond donors (Lipinski definition) is 1. The van der Waals surface area contributed by atoms with Crippen molar-refractivity contribution in [3.05, 3.63) is 41.0 Å². The van der Waals surface area contributed by atoms with Crippen LogP contribution in [0.4, 0.5) is 0 Å². The van der Waals surface area contributed by atoms with Gasteiger partial charge in [0.25, 0.3) is 0 Å². The molecule has 0 fully saturated rings. The Kier molecular flexibility index (Phi) is 4.16. The summed E-state index contributed by atoms with van der Waals surface area (Å²) in [6, 6.07) is 5.96. The molecule has 2 N–H and O–H groups in total. The molecule has 0 unspecified atom stereocenters. The molecule has 2 aromatic rings. The van der Waals surface area contributed by atoms with Crippen LogP contribution in [0.2, 0.25) is 0 Å². The zero-order valence-electron chi connectivity index (χ0n) is 11.5. The van der Waals surface area contributed by atoms with E-state index in [9.17, 15) is 0 Å². The average molecular weight is 261 g/mol. The molecule has 0 aliphatic carbocycles. The third kappa shape index (κ3) is 3.32. The van der Waals surface area contributed by atoms with Crippen molar-refractivity contribution in [2.45, 2.75) is 39.8 Å². The quantitative estimate of drug-likeness (QED) is 0.895. The molecule has 0 spiro atoms. The van der Waals surface area contributed by atoms with E-state index in [2.05, 4.69) is 10.1 Å². The Morgan fingerprint density at radius 3 is 2.79 bits per heavy atom. The molecule has 1 aromatic carbocycles. The first kappa shape index (κ1) is 13.5. The predicted octanol–water partition coefficient (Wildman–Crippen LogP) is 2.54. The summed E-state index contributed by atoms with van der Waals surface area (Å²) in [4.78, 5) is 4.20. The molecule has 0 radical (unpaired) electrons. The van der Waals surface area contributed by atoms with E-state index in [-0.39, 0.29) is 6.04 Å². The summed E-state index contributed by atoms with van der Waals surface area (Å²) >= 11 is 0. The van der Waals surface area contributed by atoms with Crippen molar-refractivity contribution in [2.75, 3.05) is 0 Å². The summed E-state index contributed by atoms with van der Waals surface area (Å²) in [5, 5.41) is 3.85. The van der Waals surface area contributed by atoms with E-state index < -0.39 is 0 Å². The van der Waals surface area contributed by atoms with E-state index in [1.807, 2.05) is 39.0 Å². The van der Waals surface area contributed by atoms with Crippen LogP contribution in [-0.4, -0.2) is 10.1 Å². The van der Waals surface area contributed by atoms with Crippen LogP contribution in [0.25, 0.3) is 0 Å². The maximum Gasteiger partial charge on any atom is 0.226 e. The number of aromatic nitrogens is 2. The van der Waals surface area contributed by atoms with E-state index in [1.165, 1.54) is 0 Å². The molecular weight excluding hydrogens is 242 g/mol. The van der Waals surface area contributed by atoms with Crippen LogP contribution in [0, 0.1) is 6.92 Å². The molecular formula is C14H19N3O2. The van der Waals surface area contributed by atoms with Gasteiger partial charge in [-0.2, -0.15) is 4.98 Å².